The molecule has 0 amide bonds. The van der Waals surface area contributed by atoms with Crippen LogP contribution in [-0.4, -0.2) is 17.1 Å². The zero-order valence-corrected chi connectivity index (χ0v) is 8.71. The van der Waals surface area contributed by atoms with Gasteiger partial charge in [0.05, 0.1) is 0 Å². The SMILES string of the molecule is C[C@H]1CC2CCCCCCC2N1N. The molecule has 1 saturated carbocycles. The van der Waals surface area contributed by atoms with Gasteiger partial charge in [0.2, 0.25) is 0 Å². The van der Waals surface area contributed by atoms with Gasteiger partial charge in [-0.1, -0.05) is 25.7 Å². The van der Waals surface area contributed by atoms with E-state index in [0.717, 1.165) is 5.92 Å². The molecule has 0 aromatic rings. The van der Waals surface area contributed by atoms with Gasteiger partial charge >= 0.3 is 0 Å². The third-order valence-electron chi connectivity index (χ3n) is 3.90. The zero-order valence-electron chi connectivity index (χ0n) is 8.71. The number of hydrazine groups is 1. The van der Waals surface area contributed by atoms with Crippen LogP contribution in [0.25, 0.3) is 0 Å². The fourth-order valence-electron chi connectivity index (χ4n) is 3.10. The number of fused-ring (bicyclic) bond motifs is 1. The molecular weight excluding hydrogens is 160 g/mol. The van der Waals surface area contributed by atoms with E-state index in [-0.39, 0.29) is 0 Å². The Balaban J connectivity index is 2.00. The molecule has 1 aliphatic carbocycles. The van der Waals surface area contributed by atoms with Crippen LogP contribution in [0.5, 0.6) is 0 Å². The van der Waals surface area contributed by atoms with E-state index in [2.05, 4.69) is 11.9 Å². The molecule has 2 heteroatoms. The van der Waals surface area contributed by atoms with Crippen LogP contribution in [0.1, 0.15) is 51.9 Å². The van der Waals surface area contributed by atoms with Gasteiger partial charge in [-0.05, 0) is 32.1 Å². The summed E-state index contributed by atoms with van der Waals surface area (Å²) in [6.07, 6.45) is 9.78. The molecule has 76 valence electrons. The molecule has 2 nitrogen and oxygen atoms in total. The van der Waals surface area contributed by atoms with E-state index >= 15 is 0 Å². The van der Waals surface area contributed by atoms with Crippen molar-refractivity contribution in [1.29, 1.82) is 0 Å². The minimum atomic E-state index is 0.619. The number of nitrogens with zero attached hydrogens (tertiary/aromatic N) is 1. The van der Waals surface area contributed by atoms with Crippen LogP contribution in [-0.2, 0) is 0 Å². The Morgan fingerprint density at radius 1 is 1.08 bits per heavy atom. The number of hydrogen-bond donors (Lipinski definition) is 1. The predicted molar refractivity (Wildman–Crippen MR) is 55.1 cm³/mol. The van der Waals surface area contributed by atoms with Crippen molar-refractivity contribution in [3.63, 3.8) is 0 Å². The van der Waals surface area contributed by atoms with Crippen LogP contribution in [0.4, 0.5) is 0 Å². The normalized spacial score (nSPS) is 42.5. The van der Waals surface area contributed by atoms with E-state index in [9.17, 15) is 0 Å². The molecule has 0 radical (unpaired) electrons. The van der Waals surface area contributed by atoms with Crippen molar-refractivity contribution in [3.05, 3.63) is 0 Å². The highest BCUT2D eigenvalue weighted by molar-refractivity contribution is 4.89. The second-order valence-corrected chi connectivity index (χ2v) is 4.85. The molecule has 1 aliphatic heterocycles. The van der Waals surface area contributed by atoms with Gasteiger partial charge in [-0.25, -0.2) is 5.01 Å². The molecule has 3 atom stereocenters. The standard InChI is InChI=1S/C11H22N2/c1-9-8-10-6-4-2-3-5-7-11(10)13(9)12/h9-11H,2-8,12H2,1H3/t9-,10?,11?/m0/s1. The molecule has 0 aromatic heterocycles. The van der Waals surface area contributed by atoms with Crippen LogP contribution in [0.2, 0.25) is 0 Å². The molecule has 2 aliphatic rings. The highest BCUT2D eigenvalue weighted by atomic mass is 15.4. The molecule has 0 spiro atoms. The summed E-state index contributed by atoms with van der Waals surface area (Å²) in [4.78, 5) is 0. The van der Waals surface area contributed by atoms with E-state index in [1.807, 2.05) is 0 Å². The van der Waals surface area contributed by atoms with Crippen molar-refractivity contribution >= 4 is 0 Å². The quantitative estimate of drug-likeness (QED) is 0.582. The summed E-state index contributed by atoms with van der Waals surface area (Å²) in [5.74, 6) is 6.99. The smallest absolute Gasteiger partial charge is 0.0272 e. The van der Waals surface area contributed by atoms with Gasteiger partial charge in [-0.2, -0.15) is 0 Å². The fraction of sp³-hybridized carbons (Fsp3) is 1.00. The topological polar surface area (TPSA) is 29.3 Å². The van der Waals surface area contributed by atoms with E-state index in [1.54, 1.807) is 0 Å². The second kappa shape index (κ2) is 3.97. The summed E-state index contributed by atoms with van der Waals surface area (Å²) in [6, 6.07) is 1.32. The molecule has 2 fully saturated rings. The lowest BCUT2D eigenvalue weighted by Crippen LogP contribution is -2.42. The van der Waals surface area contributed by atoms with Crippen molar-refractivity contribution in [3.8, 4) is 0 Å². The van der Waals surface area contributed by atoms with Crippen LogP contribution in [0, 0.1) is 5.92 Å². The first kappa shape index (κ1) is 9.47. The van der Waals surface area contributed by atoms with Gasteiger partial charge < -0.3 is 0 Å². The summed E-state index contributed by atoms with van der Waals surface area (Å²) in [7, 11) is 0. The molecule has 2 N–H and O–H groups in total. The Labute approximate surface area is 81.4 Å². The fourth-order valence-corrected chi connectivity index (χ4v) is 3.10. The third-order valence-corrected chi connectivity index (χ3v) is 3.90. The summed E-state index contributed by atoms with van der Waals surface area (Å²) in [5, 5.41) is 2.13. The highest BCUT2D eigenvalue weighted by Gasteiger charge is 2.36. The third kappa shape index (κ3) is 1.89. The monoisotopic (exact) mass is 182 g/mol. The van der Waals surface area contributed by atoms with E-state index in [0.29, 0.717) is 12.1 Å². The Morgan fingerprint density at radius 2 is 1.77 bits per heavy atom. The molecule has 0 bridgehead atoms. The summed E-state index contributed by atoms with van der Waals surface area (Å²) in [6.45, 7) is 2.27. The van der Waals surface area contributed by atoms with Crippen molar-refractivity contribution in [1.82, 2.24) is 5.01 Å². The molecule has 2 unspecified atom stereocenters. The average Bonchev–Trinajstić information content (AvgIpc) is 2.31. The number of nitrogens with two attached hydrogens (primary N) is 1. The molecule has 1 heterocycles. The van der Waals surface area contributed by atoms with E-state index in [1.165, 1.54) is 44.9 Å². The first-order valence-corrected chi connectivity index (χ1v) is 5.82. The minimum Gasteiger partial charge on any atom is -0.268 e. The van der Waals surface area contributed by atoms with Gasteiger partial charge in [-0.3, -0.25) is 5.84 Å². The number of rotatable bonds is 0. The van der Waals surface area contributed by atoms with Crippen LogP contribution in [0.3, 0.4) is 0 Å². The van der Waals surface area contributed by atoms with Crippen LogP contribution < -0.4 is 5.84 Å². The van der Waals surface area contributed by atoms with Crippen LogP contribution >= 0.6 is 0 Å². The Kier molecular flexibility index (Phi) is 2.89. The van der Waals surface area contributed by atoms with Crippen molar-refractivity contribution in [2.75, 3.05) is 0 Å². The lowest BCUT2D eigenvalue weighted by molar-refractivity contribution is 0.170. The Hall–Kier alpha value is -0.0800. The van der Waals surface area contributed by atoms with Crippen molar-refractivity contribution in [2.45, 2.75) is 64.0 Å². The second-order valence-electron chi connectivity index (χ2n) is 4.85. The maximum absolute atomic E-state index is 6.09. The van der Waals surface area contributed by atoms with Crippen molar-refractivity contribution < 1.29 is 0 Å². The van der Waals surface area contributed by atoms with Gasteiger partial charge in [0.1, 0.15) is 0 Å². The van der Waals surface area contributed by atoms with E-state index in [4.69, 9.17) is 5.84 Å². The minimum absolute atomic E-state index is 0.619. The predicted octanol–water partition coefficient (Wildman–Crippen LogP) is 2.29. The summed E-state index contributed by atoms with van der Waals surface area (Å²) >= 11 is 0. The maximum atomic E-state index is 6.09. The first-order chi connectivity index (χ1) is 6.29. The molecular formula is C11H22N2. The largest absolute Gasteiger partial charge is 0.268 e. The molecule has 13 heavy (non-hydrogen) atoms. The lowest BCUT2D eigenvalue weighted by Gasteiger charge is -2.27. The first-order valence-electron chi connectivity index (χ1n) is 5.82. The lowest BCUT2D eigenvalue weighted by atomic mass is 9.87. The molecule has 0 aromatic carbocycles. The van der Waals surface area contributed by atoms with Crippen molar-refractivity contribution in [2.24, 2.45) is 11.8 Å². The Bertz CT molecular complexity index is 169. The van der Waals surface area contributed by atoms with Gasteiger partial charge in [0.25, 0.3) is 0 Å². The average molecular weight is 182 g/mol. The molecule has 2 rings (SSSR count). The zero-order chi connectivity index (χ0) is 9.26. The maximum Gasteiger partial charge on any atom is 0.0272 e. The highest BCUT2D eigenvalue weighted by Crippen LogP contribution is 2.35. The van der Waals surface area contributed by atoms with E-state index < -0.39 is 0 Å². The molecule has 1 saturated heterocycles. The Morgan fingerprint density at radius 3 is 2.54 bits per heavy atom. The van der Waals surface area contributed by atoms with Gasteiger partial charge in [0.15, 0.2) is 0 Å². The van der Waals surface area contributed by atoms with Crippen LogP contribution in [0.15, 0.2) is 0 Å². The number of hydrogen-bond acceptors (Lipinski definition) is 2. The van der Waals surface area contributed by atoms with Gasteiger partial charge in [0, 0.05) is 12.1 Å². The summed E-state index contributed by atoms with van der Waals surface area (Å²) < 4.78 is 0. The van der Waals surface area contributed by atoms with Gasteiger partial charge in [-0.15, -0.1) is 0 Å². The summed E-state index contributed by atoms with van der Waals surface area (Å²) in [5.41, 5.74) is 0.